The van der Waals surface area contributed by atoms with E-state index in [0.717, 1.165) is 12.2 Å². The lowest BCUT2D eigenvalue weighted by molar-refractivity contribution is -0.322. The SMILES string of the molecule is C=CC(=O)OCOC(OC)C(OC)(OCOC(=O)C=C)P=O. The minimum Gasteiger partial charge on any atom is -0.435 e. The third-order valence-electron chi connectivity index (χ3n) is 2.15. The summed E-state index contributed by atoms with van der Waals surface area (Å²) >= 11 is 0. The summed E-state index contributed by atoms with van der Waals surface area (Å²) in [6.07, 6.45) is 0.508. The summed E-state index contributed by atoms with van der Waals surface area (Å²) in [6, 6.07) is 0. The Morgan fingerprint density at radius 3 is 2.09 bits per heavy atom. The Labute approximate surface area is 128 Å². The Bertz CT molecular complexity index is 411. The van der Waals surface area contributed by atoms with Gasteiger partial charge >= 0.3 is 17.5 Å². The van der Waals surface area contributed by atoms with Gasteiger partial charge in [-0.25, -0.2) is 9.59 Å². The topological polar surface area (TPSA) is 107 Å². The van der Waals surface area contributed by atoms with Crippen LogP contribution >= 0.6 is 8.46 Å². The van der Waals surface area contributed by atoms with Gasteiger partial charge in [0.25, 0.3) is 0 Å². The number of carbonyl (C=O) groups excluding carboxylic acids is 2. The molecule has 9 nitrogen and oxygen atoms in total. The zero-order chi connectivity index (χ0) is 17.0. The molecular weight excluding hydrogens is 319 g/mol. The zero-order valence-corrected chi connectivity index (χ0v) is 13.1. The lowest BCUT2D eigenvalue weighted by Crippen LogP contribution is -2.45. The van der Waals surface area contributed by atoms with Crippen LogP contribution in [0.15, 0.2) is 25.3 Å². The van der Waals surface area contributed by atoms with Crippen molar-refractivity contribution in [2.24, 2.45) is 0 Å². The van der Waals surface area contributed by atoms with E-state index in [1.807, 2.05) is 0 Å². The number of ether oxygens (including phenoxy) is 6. The fourth-order valence-corrected chi connectivity index (χ4v) is 1.54. The number of methoxy groups -OCH3 is 2. The quantitative estimate of drug-likeness (QED) is 0.223. The Kier molecular flexibility index (Phi) is 10.2. The fraction of sp³-hybridized carbons (Fsp3) is 0.500. The van der Waals surface area contributed by atoms with E-state index < -0.39 is 45.8 Å². The molecule has 0 aliphatic carbocycles. The van der Waals surface area contributed by atoms with Crippen LogP contribution in [0.5, 0.6) is 0 Å². The Balaban J connectivity index is 4.71. The van der Waals surface area contributed by atoms with Crippen molar-refractivity contribution in [1.29, 1.82) is 0 Å². The van der Waals surface area contributed by atoms with Crippen LogP contribution in [-0.2, 0) is 42.6 Å². The first-order valence-electron chi connectivity index (χ1n) is 5.76. The van der Waals surface area contributed by atoms with Gasteiger partial charge in [0.1, 0.15) is 0 Å². The maximum atomic E-state index is 11.4. The molecule has 0 saturated carbocycles. The van der Waals surface area contributed by atoms with Crippen LogP contribution in [0.3, 0.4) is 0 Å². The van der Waals surface area contributed by atoms with Crippen molar-refractivity contribution in [2.75, 3.05) is 27.8 Å². The van der Waals surface area contributed by atoms with Gasteiger partial charge in [-0.05, 0) is 0 Å². The van der Waals surface area contributed by atoms with Crippen molar-refractivity contribution in [3.8, 4) is 0 Å². The second kappa shape index (κ2) is 11.0. The summed E-state index contributed by atoms with van der Waals surface area (Å²) in [4.78, 5) is 21.8. The summed E-state index contributed by atoms with van der Waals surface area (Å²) in [5, 5.41) is 0. The monoisotopic (exact) mass is 336 g/mol. The van der Waals surface area contributed by atoms with Crippen molar-refractivity contribution in [3.05, 3.63) is 25.3 Å². The molecule has 0 aromatic carbocycles. The molecule has 10 heteroatoms. The highest BCUT2D eigenvalue weighted by Gasteiger charge is 2.44. The van der Waals surface area contributed by atoms with Gasteiger partial charge in [0, 0.05) is 26.4 Å². The van der Waals surface area contributed by atoms with Crippen molar-refractivity contribution in [3.63, 3.8) is 0 Å². The molecule has 0 radical (unpaired) electrons. The standard InChI is InChI=1S/C12H17O9P/c1-5-9(13)18-7-20-11(16-3)12(17-4,22-15)21-8-19-10(14)6-2/h5-6,11H,1-2,7-8H2,3-4H3. The van der Waals surface area contributed by atoms with Crippen LogP contribution in [0.2, 0.25) is 0 Å². The van der Waals surface area contributed by atoms with Crippen LogP contribution in [-0.4, -0.2) is 51.6 Å². The smallest absolute Gasteiger partial charge is 0.332 e. The summed E-state index contributed by atoms with van der Waals surface area (Å²) in [6.45, 7) is 5.29. The van der Waals surface area contributed by atoms with Crippen molar-refractivity contribution >= 4 is 20.4 Å². The first-order valence-corrected chi connectivity index (χ1v) is 6.57. The normalized spacial score (nSPS) is 14.6. The van der Waals surface area contributed by atoms with E-state index in [0.29, 0.717) is 0 Å². The summed E-state index contributed by atoms with van der Waals surface area (Å²) in [5.74, 6) is -1.47. The third kappa shape index (κ3) is 6.42. The molecule has 0 spiro atoms. The van der Waals surface area contributed by atoms with Gasteiger partial charge in [-0.2, -0.15) is 0 Å². The van der Waals surface area contributed by atoms with Gasteiger partial charge in [0.15, 0.2) is 13.6 Å². The maximum Gasteiger partial charge on any atom is 0.332 e. The van der Waals surface area contributed by atoms with E-state index in [1.54, 1.807) is 0 Å². The molecule has 0 aromatic heterocycles. The van der Waals surface area contributed by atoms with E-state index >= 15 is 0 Å². The van der Waals surface area contributed by atoms with Crippen molar-refractivity contribution < 1.29 is 42.6 Å². The molecule has 2 unspecified atom stereocenters. The number of esters is 2. The highest BCUT2D eigenvalue weighted by atomic mass is 31.1. The minimum absolute atomic E-state index is 0.528. The molecule has 124 valence electrons. The maximum absolute atomic E-state index is 11.4. The molecular formula is C12H17O9P. The van der Waals surface area contributed by atoms with E-state index in [2.05, 4.69) is 22.6 Å². The molecule has 0 heterocycles. The number of rotatable bonds is 12. The van der Waals surface area contributed by atoms with E-state index in [9.17, 15) is 14.2 Å². The van der Waals surface area contributed by atoms with Gasteiger partial charge in [-0.3, -0.25) is 9.30 Å². The predicted octanol–water partition coefficient (Wildman–Crippen LogP) is 0.957. The van der Waals surface area contributed by atoms with Gasteiger partial charge in [-0.1, -0.05) is 13.2 Å². The minimum atomic E-state index is -1.93. The average Bonchev–Trinajstić information content (AvgIpc) is 2.55. The van der Waals surface area contributed by atoms with Crippen LogP contribution in [0.25, 0.3) is 0 Å². The lowest BCUT2D eigenvalue weighted by atomic mass is 10.6. The van der Waals surface area contributed by atoms with Crippen molar-refractivity contribution in [1.82, 2.24) is 0 Å². The van der Waals surface area contributed by atoms with Crippen LogP contribution in [0.4, 0.5) is 0 Å². The molecule has 0 N–H and O–H groups in total. The molecule has 0 aliphatic heterocycles. The van der Waals surface area contributed by atoms with Gasteiger partial charge in [-0.15, -0.1) is 0 Å². The molecule has 0 saturated heterocycles. The molecule has 0 aliphatic rings. The van der Waals surface area contributed by atoms with Crippen LogP contribution in [0, 0.1) is 0 Å². The molecule has 0 rings (SSSR count). The lowest BCUT2D eigenvalue weighted by Gasteiger charge is -2.31. The average molecular weight is 336 g/mol. The van der Waals surface area contributed by atoms with E-state index in [4.69, 9.17) is 18.9 Å². The van der Waals surface area contributed by atoms with E-state index in [-0.39, 0.29) is 0 Å². The molecule has 0 amide bonds. The Morgan fingerprint density at radius 2 is 1.68 bits per heavy atom. The Hall–Kier alpha value is -1.64. The molecule has 2 atom stereocenters. The van der Waals surface area contributed by atoms with E-state index in [1.165, 1.54) is 14.2 Å². The van der Waals surface area contributed by atoms with Crippen LogP contribution in [0.1, 0.15) is 0 Å². The largest absolute Gasteiger partial charge is 0.435 e. The van der Waals surface area contributed by atoms with Gasteiger partial charge < -0.3 is 23.7 Å². The molecule has 0 aromatic rings. The van der Waals surface area contributed by atoms with Crippen molar-refractivity contribution in [2.45, 2.75) is 11.8 Å². The second-order valence-electron chi connectivity index (χ2n) is 3.38. The third-order valence-corrected chi connectivity index (χ3v) is 2.93. The highest BCUT2D eigenvalue weighted by Crippen LogP contribution is 2.32. The fourth-order valence-electron chi connectivity index (χ4n) is 1.10. The zero-order valence-electron chi connectivity index (χ0n) is 12.2. The Morgan fingerprint density at radius 1 is 1.14 bits per heavy atom. The highest BCUT2D eigenvalue weighted by molar-refractivity contribution is 7.25. The summed E-state index contributed by atoms with van der Waals surface area (Å²) in [7, 11) is 1.72. The number of hydrogen-bond acceptors (Lipinski definition) is 9. The summed E-state index contributed by atoms with van der Waals surface area (Å²) in [5.41, 5.74) is -1.93. The first kappa shape index (κ1) is 20.4. The van der Waals surface area contributed by atoms with Crippen LogP contribution < -0.4 is 0 Å². The predicted molar refractivity (Wildman–Crippen MR) is 72.6 cm³/mol. The van der Waals surface area contributed by atoms with Gasteiger partial charge in [0.05, 0.1) is 0 Å². The number of carbonyl (C=O) groups is 2. The summed E-state index contributed by atoms with van der Waals surface area (Å²) < 4.78 is 40.6. The first-order chi connectivity index (χ1) is 10.5. The van der Waals surface area contributed by atoms with Gasteiger partial charge in [0.2, 0.25) is 14.8 Å². The molecule has 22 heavy (non-hydrogen) atoms. The molecule has 0 fully saturated rings. The second-order valence-corrected chi connectivity index (χ2v) is 4.18. The molecule has 0 bridgehead atoms. The number of hydrogen-bond donors (Lipinski definition) is 0.